The Labute approximate surface area is 98.7 Å². The smallest absolute Gasteiger partial charge is 0.0542 e. The molecule has 1 heterocycles. The van der Waals surface area contributed by atoms with Crippen molar-refractivity contribution in [3.05, 3.63) is 29.6 Å². The normalized spacial score (nSPS) is 13.1. The van der Waals surface area contributed by atoms with E-state index in [4.69, 9.17) is 5.73 Å². The van der Waals surface area contributed by atoms with E-state index in [9.17, 15) is 0 Å². The van der Waals surface area contributed by atoms with Gasteiger partial charge in [-0.3, -0.25) is 4.98 Å². The molecule has 0 saturated carbocycles. The summed E-state index contributed by atoms with van der Waals surface area (Å²) in [5.74, 6) is 0.751. The third kappa shape index (κ3) is 4.29. The van der Waals surface area contributed by atoms with Gasteiger partial charge in [-0.2, -0.15) is 0 Å². The monoisotopic (exact) mass is 221 g/mol. The first-order valence-corrected chi connectivity index (χ1v) is 5.98. The van der Waals surface area contributed by atoms with Crippen molar-refractivity contribution in [1.29, 1.82) is 0 Å². The van der Waals surface area contributed by atoms with Crippen LogP contribution in [0.15, 0.2) is 18.3 Å². The van der Waals surface area contributed by atoms with E-state index in [1.807, 2.05) is 6.20 Å². The fourth-order valence-electron chi connectivity index (χ4n) is 1.78. The molecule has 0 aliphatic carbocycles. The molecule has 0 radical (unpaired) electrons. The highest BCUT2D eigenvalue weighted by Crippen LogP contribution is 2.08. The van der Waals surface area contributed by atoms with Gasteiger partial charge in [-0.25, -0.2) is 0 Å². The van der Waals surface area contributed by atoms with Gasteiger partial charge < -0.3 is 10.6 Å². The first-order valence-electron chi connectivity index (χ1n) is 5.98. The molecule has 1 rings (SSSR count). The Bertz CT molecular complexity index is 312. The molecule has 0 aliphatic rings. The van der Waals surface area contributed by atoms with Crippen molar-refractivity contribution in [2.24, 2.45) is 11.7 Å². The average Bonchev–Trinajstić information content (AvgIpc) is 2.28. The quantitative estimate of drug-likeness (QED) is 0.799. The van der Waals surface area contributed by atoms with Crippen LogP contribution in [0, 0.1) is 5.92 Å². The fourth-order valence-corrected chi connectivity index (χ4v) is 1.78. The van der Waals surface area contributed by atoms with Gasteiger partial charge in [0.25, 0.3) is 0 Å². The predicted octanol–water partition coefficient (Wildman–Crippen LogP) is 2.02. The highest BCUT2D eigenvalue weighted by Gasteiger charge is 2.05. The minimum atomic E-state index is 0.517. The van der Waals surface area contributed by atoms with Crippen molar-refractivity contribution in [3.63, 3.8) is 0 Å². The van der Waals surface area contributed by atoms with Crippen molar-refractivity contribution >= 4 is 0 Å². The largest absolute Gasteiger partial charge is 0.325 e. The summed E-state index contributed by atoms with van der Waals surface area (Å²) in [6.45, 7) is 7.14. The summed E-state index contributed by atoms with van der Waals surface area (Å²) in [6.07, 6.45) is 3.07. The Morgan fingerprint density at radius 2 is 2.25 bits per heavy atom. The summed E-state index contributed by atoms with van der Waals surface area (Å²) >= 11 is 0. The molecule has 0 fully saturated rings. The van der Waals surface area contributed by atoms with E-state index in [1.165, 1.54) is 12.0 Å². The summed E-state index contributed by atoms with van der Waals surface area (Å²) in [6, 6.07) is 4.15. The Kier molecular flexibility index (Phi) is 5.43. The van der Waals surface area contributed by atoms with Gasteiger partial charge in [-0.05, 0) is 30.7 Å². The summed E-state index contributed by atoms with van der Waals surface area (Å²) < 4.78 is 0. The summed E-state index contributed by atoms with van der Waals surface area (Å²) in [5.41, 5.74) is 7.84. The van der Waals surface area contributed by atoms with E-state index >= 15 is 0 Å². The molecule has 1 aromatic heterocycles. The molecule has 3 heteroatoms. The number of nitrogens with zero attached hydrogens (tertiary/aromatic N) is 2. The minimum absolute atomic E-state index is 0.517. The van der Waals surface area contributed by atoms with Crippen molar-refractivity contribution in [2.75, 3.05) is 13.6 Å². The molecule has 0 aliphatic heterocycles. The maximum Gasteiger partial charge on any atom is 0.0542 e. The molecule has 3 nitrogen and oxygen atoms in total. The van der Waals surface area contributed by atoms with Gasteiger partial charge in [0.1, 0.15) is 0 Å². The zero-order valence-corrected chi connectivity index (χ0v) is 10.6. The average molecular weight is 221 g/mol. The third-order valence-corrected chi connectivity index (χ3v) is 2.86. The minimum Gasteiger partial charge on any atom is -0.325 e. The van der Waals surface area contributed by atoms with Crippen LogP contribution in [0.2, 0.25) is 0 Å². The Balaban J connectivity index is 2.51. The first kappa shape index (κ1) is 13.1. The van der Waals surface area contributed by atoms with Crippen LogP contribution < -0.4 is 5.73 Å². The number of nitrogens with two attached hydrogens (primary N) is 1. The predicted molar refractivity (Wildman–Crippen MR) is 67.9 cm³/mol. The van der Waals surface area contributed by atoms with Crippen molar-refractivity contribution < 1.29 is 0 Å². The zero-order valence-electron chi connectivity index (χ0n) is 10.6. The number of hydrogen-bond acceptors (Lipinski definition) is 3. The lowest BCUT2D eigenvalue weighted by atomic mass is 10.1. The lowest BCUT2D eigenvalue weighted by Gasteiger charge is -2.20. The SMILES string of the molecule is CCC(C)CN(C)Cc1ccnc(CN)c1. The maximum absolute atomic E-state index is 5.58. The maximum atomic E-state index is 5.58. The van der Waals surface area contributed by atoms with Gasteiger partial charge in [-0.1, -0.05) is 20.3 Å². The van der Waals surface area contributed by atoms with E-state index < -0.39 is 0 Å². The Hall–Kier alpha value is -0.930. The molecular weight excluding hydrogens is 198 g/mol. The van der Waals surface area contributed by atoms with E-state index in [0.29, 0.717) is 6.54 Å². The van der Waals surface area contributed by atoms with Crippen LogP contribution in [0.4, 0.5) is 0 Å². The van der Waals surface area contributed by atoms with Crippen LogP contribution in [0.25, 0.3) is 0 Å². The van der Waals surface area contributed by atoms with Crippen LogP contribution in [0.5, 0.6) is 0 Å². The molecule has 0 bridgehead atoms. The highest BCUT2D eigenvalue weighted by atomic mass is 15.1. The van der Waals surface area contributed by atoms with Gasteiger partial charge >= 0.3 is 0 Å². The summed E-state index contributed by atoms with van der Waals surface area (Å²) in [7, 11) is 2.16. The van der Waals surface area contributed by atoms with Gasteiger partial charge in [-0.15, -0.1) is 0 Å². The van der Waals surface area contributed by atoms with Gasteiger partial charge in [0.2, 0.25) is 0 Å². The van der Waals surface area contributed by atoms with Crippen LogP contribution in [0.3, 0.4) is 0 Å². The lowest BCUT2D eigenvalue weighted by Crippen LogP contribution is -2.23. The van der Waals surface area contributed by atoms with Gasteiger partial charge in [0.05, 0.1) is 5.69 Å². The second kappa shape index (κ2) is 6.61. The molecule has 0 spiro atoms. The van der Waals surface area contributed by atoms with E-state index in [2.05, 4.69) is 42.9 Å². The van der Waals surface area contributed by atoms with Crippen molar-refractivity contribution in [2.45, 2.75) is 33.4 Å². The molecular formula is C13H23N3. The van der Waals surface area contributed by atoms with Gasteiger partial charge in [0.15, 0.2) is 0 Å². The number of hydrogen-bond donors (Lipinski definition) is 1. The van der Waals surface area contributed by atoms with Crippen LogP contribution in [0.1, 0.15) is 31.5 Å². The Morgan fingerprint density at radius 1 is 1.50 bits per heavy atom. The van der Waals surface area contributed by atoms with Crippen molar-refractivity contribution in [3.8, 4) is 0 Å². The zero-order chi connectivity index (χ0) is 12.0. The molecule has 16 heavy (non-hydrogen) atoms. The standard InChI is InChI=1S/C13H23N3/c1-4-11(2)9-16(3)10-12-5-6-15-13(7-12)8-14/h5-7,11H,4,8-10,14H2,1-3H3. The second-order valence-corrected chi connectivity index (χ2v) is 4.57. The second-order valence-electron chi connectivity index (χ2n) is 4.57. The molecule has 0 amide bonds. The Morgan fingerprint density at radius 3 is 2.88 bits per heavy atom. The molecule has 2 N–H and O–H groups in total. The third-order valence-electron chi connectivity index (χ3n) is 2.86. The lowest BCUT2D eigenvalue weighted by molar-refractivity contribution is 0.275. The topological polar surface area (TPSA) is 42.2 Å². The molecule has 1 atom stereocenters. The van der Waals surface area contributed by atoms with Crippen LogP contribution >= 0.6 is 0 Å². The first-order chi connectivity index (χ1) is 7.65. The van der Waals surface area contributed by atoms with Crippen molar-refractivity contribution in [1.82, 2.24) is 9.88 Å². The molecule has 90 valence electrons. The van der Waals surface area contributed by atoms with Crippen LogP contribution in [-0.4, -0.2) is 23.5 Å². The number of pyridine rings is 1. The van der Waals surface area contributed by atoms with Crippen LogP contribution in [-0.2, 0) is 13.1 Å². The van der Waals surface area contributed by atoms with E-state index in [-0.39, 0.29) is 0 Å². The number of aromatic nitrogens is 1. The summed E-state index contributed by atoms with van der Waals surface area (Å²) in [5, 5.41) is 0. The fraction of sp³-hybridized carbons (Fsp3) is 0.615. The summed E-state index contributed by atoms with van der Waals surface area (Å²) in [4.78, 5) is 6.55. The highest BCUT2D eigenvalue weighted by molar-refractivity contribution is 5.16. The molecule has 1 unspecified atom stereocenters. The van der Waals surface area contributed by atoms with Gasteiger partial charge in [0, 0.05) is 25.8 Å². The molecule has 0 aromatic carbocycles. The number of rotatable bonds is 6. The van der Waals surface area contributed by atoms with E-state index in [1.54, 1.807) is 0 Å². The van der Waals surface area contributed by atoms with E-state index in [0.717, 1.165) is 24.7 Å². The molecule has 0 saturated heterocycles. The molecule has 1 aromatic rings.